The predicted octanol–water partition coefficient (Wildman–Crippen LogP) is 1.47. The van der Waals surface area contributed by atoms with Crippen LogP contribution in [0.2, 0.25) is 0 Å². The van der Waals surface area contributed by atoms with E-state index in [-0.39, 0.29) is 0 Å². The Bertz CT molecular complexity index is 180. The molecule has 1 heterocycles. The van der Waals surface area contributed by atoms with E-state index in [1.54, 1.807) is 7.11 Å². The van der Waals surface area contributed by atoms with Crippen LogP contribution in [0.4, 0.5) is 0 Å². The van der Waals surface area contributed by atoms with E-state index in [0.29, 0.717) is 5.54 Å². The first kappa shape index (κ1) is 12.9. The number of methoxy groups -OCH3 is 1. The second-order valence-corrected chi connectivity index (χ2v) is 5.24. The molecule has 0 aromatic carbocycles. The SMILES string of the molecule is COCCCN1CCC(CN)CC1(C)C. The van der Waals surface area contributed by atoms with Gasteiger partial charge in [-0.2, -0.15) is 0 Å². The Morgan fingerprint density at radius 2 is 2.20 bits per heavy atom. The third-order valence-corrected chi connectivity index (χ3v) is 3.56. The lowest BCUT2D eigenvalue weighted by atomic mass is 9.82. The summed E-state index contributed by atoms with van der Waals surface area (Å²) in [5.74, 6) is 0.721. The highest BCUT2D eigenvalue weighted by Crippen LogP contribution is 2.30. The topological polar surface area (TPSA) is 38.5 Å². The van der Waals surface area contributed by atoms with Crippen LogP contribution in [-0.4, -0.2) is 43.8 Å². The molecule has 1 aliphatic rings. The number of hydrogen-bond donors (Lipinski definition) is 1. The molecule has 1 atom stereocenters. The minimum atomic E-state index is 0.316. The lowest BCUT2D eigenvalue weighted by Gasteiger charge is -2.45. The van der Waals surface area contributed by atoms with Crippen molar-refractivity contribution in [2.24, 2.45) is 11.7 Å². The van der Waals surface area contributed by atoms with Crippen LogP contribution in [-0.2, 0) is 4.74 Å². The summed E-state index contributed by atoms with van der Waals surface area (Å²) < 4.78 is 5.10. The molecule has 0 spiro atoms. The molecule has 1 fully saturated rings. The zero-order valence-electron chi connectivity index (χ0n) is 10.5. The van der Waals surface area contributed by atoms with Gasteiger partial charge in [0.25, 0.3) is 0 Å². The molecule has 0 saturated carbocycles. The highest BCUT2D eigenvalue weighted by Gasteiger charge is 2.33. The molecule has 0 aromatic heterocycles. The minimum Gasteiger partial charge on any atom is -0.385 e. The molecule has 0 aromatic rings. The monoisotopic (exact) mass is 214 g/mol. The van der Waals surface area contributed by atoms with Crippen molar-refractivity contribution < 1.29 is 4.74 Å². The maximum Gasteiger partial charge on any atom is 0.0474 e. The molecule has 0 aliphatic carbocycles. The summed E-state index contributed by atoms with van der Waals surface area (Å²) in [6.07, 6.45) is 3.62. The number of nitrogens with zero attached hydrogens (tertiary/aromatic N) is 1. The largest absolute Gasteiger partial charge is 0.385 e. The molecule has 3 nitrogen and oxygen atoms in total. The second-order valence-electron chi connectivity index (χ2n) is 5.24. The van der Waals surface area contributed by atoms with Crippen LogP contribution in [0.1, 0.15) is 33.1 Å². The molecule has 15 heavy (non-hydrogen) atoms. The molecule has 0 bridgehead atoms. The van der Waals surface area contributed by atoms with Gasteiger partial charge in [-0.25, -0.2) is 0 Å². The zero-order valence-corrected chi connectivity index (χ0v) is 10.5. The van der Waals surface area contributed by atoms with E-state index in [1.165, 1.54) is 19.4 Å². The van der Waals surface area contributed by atoms with Crippen LogP contribution >= 0.6 is 0 Å². The fourth-order valence-corrected chi connectivity index (χ4v) is 2.59. The molecule has 0 amide bonds. The van der Waals surface area contributed by atoms with Crippen molar-refractivity contribution in [3.8, 4) is 0 Å². The summed E-state index contributed by atoms with van der Waals surface area (Å²) in [5.41, 5.74) is 6.07. The third kappa shape index (κ3) is 3.74. The van der Waals surface area contributed by atoms with Gasteiger partial charge < -0.3 is 10.5 Å². The fraction of sp³-hybridized carbons (Fsp3) is 1.00. The van der Waals surface area contributed by atoms with Gasteiger partial charge in [0.1, 0.15) is 0 Å². The van der Waals surface area contributed by atoms with Crippen molar-refractivity contribution in [3.63, 3.8) is 0 Å². The first-order chi connectivity index (χ1) is 7.10. The molecule has 1 saturated heterocycles. The van der Waals surface area contributed by atoms with Crippen LogP contribution in [0.15, 0.2) is 0 Å². The average Bonchev–Trinajstić information content (AvgIpc) is 2.20. The maximum atomic E-state index is 5.75. The summed E-state index contributed by atoms with van der Waals surface area (Å²) in [4.78, 5) is 2.58. The van der Waals surface area contributed by atoms with E-state index in [4.69, 9.17) is 10.5 Å². The van der Waals surface area contributed by atoms with E-state index in [1.807, 2.05) is 0 Å². The number of piperidine rings is 1. The van der Waals surface area contributed by atoms with Crippen LogP contribution < -0.4 is 5.73 Å². The van der Waals surface area contributed by atoms with Gasteiger partial charge in [-0.05, 0) is 52.1 Å². The maximum absolute atomic E-state index is 5.75. The summed E-state index contributed by atoms with van der Waals surface area (Å²) in [6.45, 7) is 8.72. The summed E-state index contributed by atoms with van der Waals surface area (Å²) in [6, 6.07) is 0. The van der Waals surface area contributed by atoms with E-state index in [0.717, 1.165) is 32.0 Å². The highest BCUT2D eigenvalue weighted by atomic mass is 16.5. The first-order valence-electron chi connectivity index (χ1n) is 6.04. The molecule has 2 N–H and O–H groups in total. The van der Waals surface area contributed by atoms with Gasteiger partial charge in [-0.1, -0.05) is 0 Å². The molecule has 3 heteroatoms. The van der Waals surface area contributed by atoms with Gasteiger partial charge >= 0.3 is 0 Å². The van der Waals surface area contributed by atoms with E-state index in [9.17, 15) is 0 Å². The number of rotatable bonds is 5. The van der Waals surface area contributed by atoms with Gasteiger partial charge in [0, 0.05) is 25.8 Å². The fourth-order valence-electron chi connectivity index (χ4n) is 2.59. The highest BCUT2D eigenvalue weighted by molar-refractivity contribution is 4.89. The quantitative estimate of drug-likeness (QED) is 0.704. The smallest absolute Gasteiger partial charge is 0.0474 e. The Balaban J connectivity index is 2.38. The number of hydrogen-bond acceptors (Lipinski definition) is 3. The van der Waals surface area contributed by atoms with Gasteiger partial charge in [0.05, 0.1) is 0 Å². The van der Waals surface area contributed by atoms with Crippen molar-refractivity contribution in [1.82, 2.24) is 4.90 Å². The van der Waals surface area contributed by atoms with E-state index in [2.05, 4.69) is 18.7 Å². The van der Waals surface area contributed by atoms with Crippen molar-refractivity contribution in [1.29, 1.82) is 0 Å². The van der Waals surface area contributed by atoms with Crippen LogP contribution in [0.25, 0.3) is 0 Å². The van der Waals surface area contributed by atoms with Crippen LogP contribution in [0, 0.1) is 5.92 Å². The van der Waals surface area contributed by atoms with Gasteiger partial charge in [-0.15, -0.1) is 0 Å². The molecular formula is C12H26N2O. The number of likely N-dealkylation sites (tertiary alicyclic amines) is 1. The van der Waals surface area contributed by atoms with Crippen molar-refractivity contribution >= 4 is 0 Å². The van der Waals surface area contributed by atoms with Crippen molar-refractivity contribution in [3.05, 3.63) is 0 Å². The number of nitrogens with two attached hydrogens (primary N) is 1. The minimum absolute atomic E-state index is 0.316. The van der Waals surface area contributed by atoms with Gasteiger partial charge in [-0.3, -0.25) is 4.90 Å². The van der Waals surface area contributed by atoms with Crippen molar-refractivity contribution in [2.45, 2.75) is 38.6 Å². The van der Waals surface area contributed by atoms with Gasteiger partial charge in [0.2, 0.25) is 0 Å². The molecule has 0 radical (unpaired) electrons. The third-order valence-electron chi connectivity index (χ3n) is 3.56. The predicted molar refractivity (Wildman–Crippen MR) is 63.9 cm³/mol. The lowest BCUT2D eigenvalue weighted by Crippen LogP contribution is -2.51. The Morgan fingerprint density at radius 3 is 2.73 bits per heavy atom. The lowest BCUT2D eigenvalue weighted by molar-refractivity contribution is 0.0411. The normalized spacial score (nSPS) is 26.8. The zero-order chi connectivity index (χ0) is 11.3. The van der Waals surface area contributed by atoms with E-state index >= 15 is 0 Å². The second kappa shape index (κ2) is 5.83. The molecule has 90 valence electrons. The molecule has 1 unspecified atom stereocenters. The van der Waals surface area contributed by atoms with Crippen LogP contribution in [0.5, 0.6) is 0 Å². The Kier molecular flexibility index (Phi) is 5.03. The molecular weight excluding hydrogens is 188 g/mol. The standard InChI is InChI=1S/C12H26N2O/c1-12(2)9-11(10-13)5-7-14(12)6-4-8-15-3/h11H,4-10,13H2,1-3H3. The van der Waals surface area contributed by atoms with Crippen LogP contribution in [0.3, 0.4) is 0 Å². The Morgan fingerprint density at radius 1 is 1.47 bits per heavy atom. The molecule has 1 rings (SSSR count). The first-order valence-corrected chi connectivity index (χ1v) is 6.04. The summed E-state index contributed by atoms with van der Waals surface area (Å²) >= 11 is 0. The molecule has 1 aliphatic heterocycles. The average molecular weight is 214 g/mol. The van der Waals surface area contributed by atoms with E-state index < -0.39 is 0 Å². The Labute approximate surface area is 94.0 Å². The van der Waals surface area contributed by atoms with Crippen molar-refractivity contribution in [2.75, 3.05) is 33.4 Å². The summed E-state index contributed by atoms with van der Waals surface area (Å²) in [7, 11) is 1.77. The van der Waals surface area contributed by atoms with Gasteiger partial charge in [0.15, 0.2) is 0 Å². The Hall–Kier alpha value is -0.120. The summed E-state index contributed by atoms with van der Waals surface area (Å²) in [5, 5.41) is 0. The number of ether oxygens (including phenoxy) is 1.